The second-order valence-corrected chi connectivity index (χ2v) is 9.96. The van der Waals surface area contributed by atoms with Gasteiger partial charge in [-0.05, 0) is 61.2 Å². The maximum absolute atomic E-state index is 13.3. The van der Waals surface area contributed by atoms with E-state index in [9.17, 15) is 10.1 Å². The Bertz CT molecular complexity index is 1440. The Hall–Kier alpha value is -4.08. The van der Waals surface area contributed by atoms with E-state index in [0.29, 0.717) is 17.0 Å². The molecule has 1 N–H and O–H groups in total. The van der Waals surface area contributed by atoms with E-state index in [2.05, 4.69) is 11.4 Å². The van der Waals surface area contributed by atoms with Gasteiger partial charge in [0.25, 0.3) is 0 Å². The molecule has 0 bridgehead atoms. The van der Waals surface area contributed by atoms with Crippen molar-refractivity contribution < 1.29 is 9.53 Å². The van der Waals surface area contributed by atoms with E-state index in [0.717, 1.165) is 44.9 Å². The minimum absolute atomic E-state index is 0.108. The molecule has 6 heteroatoms. The molecule has 0 aliphatic carbocycles. The van der Waals surface area contributed by atoms with Crippen LogP contribution in [0, 0.1) is 25.2 Å². The van der Waals surface area contributed by atoms with Crippen molar-refractivity contribution in [2.75, 3.05) is 12.4 Å². The summed E-state index contributed by atoms with van der Waals surface area (Å²) in [5.41, 5.74) is 6.67. The van der Waals surface area contributed by atoms with E-state index in [1.165, 1.54) is 11.8 Å². The highest BCUT2D eigenvalue weighted by Crippen LogP contribution is 2.37. The number of amides is 1. The smallest absolute Gasteiger partial charge is 0.237 e. The zero-order chi connectivity index (χ0) is 26.4. The molecule has 1 amide bonds. The predicted octanol–water partition coefficient (Wildman–Crippen LogP) is 7.42. The number of thioether (sulfide) groups is 1. The highest BCUT2D eigenvalue weighted by Gasteiger charge is 2.24. The minimum atomic E-state index is -0.422. The van der Waals surface area contributed by atoms with Crippen LogP contribution in [0.2, 0.25) is 0 Å². The molecule has 1 aromatic heterocycles. The molecular formula is C31H29N3O2S. The Kier molecular flexibility index (Phi) is 8.27. The van der Waals surface area contributed by atoms with Crippen LogP contribution in [0.1, 0.15) is 30.0 Å². The number of benzene rings is 3. The van der Waals surface area contributed by atoms with Crippen LogP contribution in [0.3, 0.4) is 0 Å². The van der Waals surface area contributed by atoms with Gasteiger partial charge in [-0.25, -0.2) is 4.98 Å². The number of nitrogens with zero attached hydrogens (tertiary/aromatic N) is 2. The van der Waals surface area contributed by atoms with Gasteiger partial charge in [-0.15, -0.1) is 0 Å². The zero-order valence-electron chi connectivity index (χ0n) is 21.4. The summed E-state index contributed by atoms with van der Waals surface area (Å²) in [6.45, 7) is 5.95. The fraction of sp³-hybridized carbons (Fsp3) is 0.194. The lowest BCUT2D eigenvalue weighted by Gasteiger charge is -2.18. The number of carbonyl (C=O) groups is 1. The van der Waals surface area contributed by atoms with Crippen LogP contribution in [0.5, 0.6) is 5.75 Å². The molecule has 4 aromatic rings. The van der Waals surface area contributed by atoms with Crippen LogP contribution in [-0.2, 0) is 4.79 Å². The topological polar surface area (TPSA) is 75.0 Å². The van der Waals surface area contributed by atoms with Gasteiger partial charge < -0.3 is 10.1 Å². The molecule has 1 unspecified atom stereocenters. The number of rotatable bonds is 8. The van der Waals surface area contributed by atoms with Gasteiger partial charge in [0.1, 0.15) is 16.8 Å². The number of hydrogen-bond acceptors (Lipinski definition) is 5. The summed E-state index contributed by atoms with van der Waals surface area (Å²) < 4.78 is 5.31. The third-order valence-corrected chi connectivity index (χ3v) is 7.49. The number of carbonyl (C=O) groups excluding carboxylic acids is 1. The largest absolute Gasteiger partial charge is 0.497 e. The lowest BCUT2D eigenvalue weighted by atomic mass is 9.99. The first-order chi connectivity index (χ1) is 17.9. The van der Waals surface area contributed by atoms with Gasteiger partial charge in [-0.2, -0.15) is 5.26 Å². The molecule has 0 saturated heterocycles. The molecule has 0 saturated carbocycles. The molecular weight excluding hydrogens is 478 g/mol. The van der Waals surface area contributed by atoms with Gasteiger partial charge in [0.15, 0.2) is 0 Å². The minimum Gasteiger partial charge on any atom is -0.497 e. The quantitative estimate of drug-likeness (QED) is 0.251. The molecule has 1 heterocycles. The molecule has 186 valence electrons. The number of ether oxygens (including phenoxy) is 1. The van der Waals surface area contributed by atoms with Crippen molar-refractivity contribution in [3.63, 3.8) is 0 Å². The summed E-state index contributed by atoms with van der Waals surface area (Å²) >= 11 is 1.33. The molecule has 37 heavy (non-hydrogen) atoms. The standard InChI is InChI=1S/C31H29N3O2S/c1-5-29(30(35)33-27-17-20(2)11-12-21(27)3)37-31-26(19-32)25(22-13-15-24(36-4)16-14-22)18-28(34-31)23-9-7-6-8-10-23/h6-18,29H,5H2,1-4H3,(H,33,35). The second-order valence-electron chi connectivity index (χ2n) is 8.76. The Morgan fingerprint density at radius 1 is 1.03 bits per heavy atom. The first-order valence-corrected chi connectivity index (χ1v) is 13.0. The van der Waals surface area contributed by atoms with Crippen LogP contribution in [-0.4, -0.2) is 23.3 Å². The lowest BCUT2D eigenvalue weighted by molar-refractivity contribution is -0.115. The van der Waals surface area contributed by atoms with E-state index in [4.69, 9.17) is 9.72 Å². The molecule has 3 aromatic carbocycles. The molecule has 0 fully saturated rings. The second kappa shape index (κ2) is 11.8. The molecule has 1 atom stereocenters. The van der Waals surface area contributed by atoms with Gasteiger partial charge in [-0.1, -0.05) is 73.3 Å². The number of aromatic nitrogens is 1. The Morgan fingerprint density at radius 3 is 2.41 bits per heavy atom. The van der Waals surface area contributed by atoms with Crippen LogP contribution in [0.4, 0.5) is 5.69 Å². The van der Waals surface area contributed by atoms with Crippen molar-refractivity contribution in [3.8, 4) is 34.2 Å². The van der Waals surface area contributed by atoms with E-state index in [-0.39, 0.29) is 5.91 Å². The van der Waals surface area contributed by atoms with Crippen molar-refractivity contribution in [2.24, 2.45) is 0 Å². The van der Waals surface area contributed by atoms with Gasteiger partial charge in [-0.3, -0.25) is 4.79 Å². The summed E-state index contributed by atoms with van der Waals surface area (Å²) in [5, 5.41) is 13.4. The van der Waals surface area contributed by atoms with E-state index < -0.39 is 5.25 Å². The normalized spacial score (nSPS) is 11.4. The first-order valence-electron chi connectivity index (χ1n) is 12.1. The number of pyridine rings is 1. The van der Waals surface area contributed by atoms with Gasteiger partial charge >= 0.3 is 0 Å². The number of anilines is 1. The highest BCUT2D eigenvalue weighted by atomic mass is 32.2. The first kappa shape index (κ1) is 26.0. The summed E-state index contributed by atoms with van der Waals surface area (Å²) in [7, 11) is 1.62. The number of nitriles is 1. The predicted molar refractivity (Wildman–Crippen MR) is 151 cm³/mol. The molecule has 0 aliphatic heterocycles. The maximum Gasteiger partial charge on any atom is 0.237 e. The van der Waals surface area contributed by atoms with E-state index in [1.807, 2.05) is 99.6 Å². The number of nitrogens with one attached hydrogen (secondary N) is 1. The van der Waals surface area contributed by atoms with Gasteiger partial charge in [0, 0.05) is 16.8 Å². The highest BCUT2D eigenvalue weighted by molar-refractivity contribution is 8.00. The molecule has 0 spiro atoms. The van der Waals surface area contributed by atoms with Crippen molar-refractivity contribution in [1.29, 1.82) is 5.26 Å². The number of aryl methyl sites for hydroxylation is 2. The Morgan fingerprint density at radius 2 is 1.76 bits per heavy atom. The fourth-order valence-corrected chi connectivity index (χ4v) is 5.04. The van der Waals surface area contributed by atoms with Crippen LogP contribution in [0.25, 0.3) is 22.4 Å². The van der Waals surface area contributed by atoms with E-state index >= 15 is 0 Å². The molecule has 5 nitrogen and oxygen atoms in total. The third kappa shape index (κ3) is 6.02. The lowest BCUT2D eigenvalue weighted by Crippen LogP contribution is -2.25. The maximum atomic E-state index is 13.3. The van der Waals surface area contributed by atoms with Gasteiger partial charge in [0.05, 0.1) is 23.6 Å². The summed E-state index contributed by atoms with van der Waals surface area (Å²) in [6.07, 6.45) is 0.585. The SMILES string of the molecule is CCC(Sc1nc(-c2ccccc2)cc(-c2ccc(OC)cc2)c1C#N)C(=O)Nc1cc(C)ccc1C. The van der Waals surface area contributed by atoms with Crippen LogP contribution < -0.4 is 10.1 Å². The van der Waals surface area contributed by atoms with Crippen LogP contribution in [0.15, 0.2) is 83.9 Å². The van der Waals surface area contributed by atoms with Crippen LogP contribution >= 0.6 is 11.8 Å². The molecule has 0 radical (unpaired) electrons. The molecule has 4 rings (SSSR count). The summed E-state index contributed by atoms with van der Waals surface area (Å²) in [5.74, 6) is 0.631. The summed E-state index contributed by atoms with van der Waals surface area (Å²) in [6, 6.07) is 27.8. The van der Waals surface area contributed by atoms with Gasteiger partial charge in [0.2, 0.25) is 5.91 Å². The van der Waals surface area contributed by atoms with Crippen molar-refractivity contribution in [2.45, 2.75) is 37.5 Å². The number of hydrogen-bond donors (Lipinski definition) is 1. The average Bonchev–Trinajstić information content (AvgIpc) is 2.93. The summed E-state index contributed by atoms with van der Waals surface area (Å²) in [4.78, 5) is 18.2. The average molecular weight is 508 g/mol. The molecule has 0 aliphatic rings. The number of methoxy groups -OCH3 is 1. The Labute approximate surface area is 222 Å². The Balaban J connectivity index is 1.76. The third-order valence-electron chi connectivity index (χ3n) is 6.14. The monoisotopic (exact) mass is 507 g/mol. The van der Waals surface area contributed by atoms with E-state index in [1.54, 1.807) is 7.11 Å². The van der Waals surface area contributed by atoms with Crippen molar-refractivity contribution in [3.05, 3.63) is 95.6 Å². The van der Waals surface area contributed by atoms with Crippen molar-refractivity contribution >= 4 is 23.4 Å². The zero-order valence-corrected chi connectivity index (χ0v) is 22.2. The van der Waals surface area contributed by atoms with Crippen molar-refractivity contribution in [1.82, 2.24) is 4.98 Å². The fourth-order valence-electron chi connectivity index (χ4n) is 4.01.